The van der Waals surface area contributed by atoms with Crippen LogP contribution in [0.1, 0.15) is 47.0 Å². The molecular weight excluding hydrogens is 212 g/mol. The zero-order chi connectivity index (χ0) is 12.6. The van der Waals surface area contributed by atoms with Crippen LogP contribution in [0.25, 0.3) is 0 Å². The van der Waals surface area contributed by atoms with Gasteiger partial charge in [0.1, 0.15) is 5.60 Å². The molecule has 2 heteroatoms. The lowest BCUT2D eigenvalue weighted by molar-refractivity contribution is -0.148. The minimum atomic E-state index is -0.392. The highest BCUT2D eigenvalue weighted by molar-refractivity contribution is 5.83. The number of esters is 1. The van der Waals surface area contributed by atoms with Crippen LogP contribution in [-0.2, 0) is 9.53 Å². The van der Waals surface area contributed by atoms with E-state index in [4.69, 9.17) is 4.74 Å². The molecule has 0 N–H and O–H groups in total. The van der Waals surface area contributed by atoms with E-state index in [2.05, 4.69) is 13.0 Å². The summed E-state index contributed by atoms with van der Waals surface area (Å²) in [4.78, 5) is 11.7. The number of ether oxygens (including phenoxy) is 1. The predicted octanol–water partition coefficient (Wildman–Crippen LogP) is 3.63. The summed E-state index contributed by atoms with van der Waals surface area (Å²) in [5.41, 5.74) is 2.39. The van der Waals surface area contributed by atoms with Gasteiger partial charge in [0, 0.05) is 12.0 Å². The van der Waals surface area contributed by atoms with Crippen LogP contribution >= 0.6 is 0 Å². The second-order valence-corrected chi connectivity index (χ2v) is 6.06. The molecule has 1 fully saturated rings. The van der Waals surface area contributed by atoms with Crippen molar-refractivity contribution in [1.29, 1.82) is 0 Å². The molecule has 0 unspecified atom stereocenters. The Morgan fingerprint density at radius 3 is 2.82 bits per heavy atom. The molecule has 0 spiro atoms. The van der Waals surface area contributed by atoms with Crippen molar-refractivity contribution in [3.63, 3.8) is 0 Å². The highest BCUT2D eigenvalue weighted by Gasteiger charge is 2.40. The minimum absolute atomic E-state index is 0.187. The van der Waals surface area contributed by atoms with E-state index < -0.39 is 5.60 Å². The van der Waals surface area contributed by atoms with Gasteiger partial charge in [-0.25, -0.2) is 4.79 Å². The van der Waals surface area contributed by atoms with Gasteiger partial charge < -0.3 is 4.74 Å². The molecule has 0 heterocycles. The van der Waals surface area contributed by atoms with Crippen LogP contribution in [-0.4, -0.2) is 11.6 Å². The summed E-state index contributed by atoms with van der Waals surface area (Å²) in [6, 6.07) is 0. The number of carbonyl (C=O) groups excluding carboxylic acids is 1. The number of carbonyl (C=O) groups is 1. The number of hydrogen-bond acceptors (Lipinski definition) is 2. The van der Waals surface area contributed by atoms with Crippen molar-refractivity contribution in [1.82, 2.24) is 0 Å². The van der Waals surface area contributed by atoms with Gasteiger partial charge in [0.25, 0.3) is 0 Å². The van der Waals surface area contributed by atoms with Gasteiger partial charge in [0.2, 0.25) is 0 Å². The maximum Gasteiger partial charge on any atom is 0.331 e. The van der Waals surface area contributed by atoms with Gasteiger partial charge in [-0.15, -0.1) is 0 Å². The van der Waals surface area contributed by atoms with Gasteiger partial charge >= 0.3 is 5.97 Å². The minimum Gasteiger partial charge on any atom is -0.457 e. The highest BCUT2D eigenvalue weighted by atomic mass is 16.6. The molecule has 0 amide bonds. The smallest absolute Gasteiger partial charge is 0.331 e. The Hall–Kier alpha value is -1.05. The Morgan fingerprint density at radius 2 is 2.24 bits per heavy atom. The molecule has 0 aromatic carbocycles. The molecule has 0 aromatic rings. The molecule has 0 aromatic heterocycles. The fourth-order valence-electron chi connectivity index (χ4n) is 2.88. The van der Waals surface area contributed by atoms with E-state index in [1.54, 1.807) is 6.08 Å². The molecule has 0 bridgehead atoms. The van der Waals surface area contributed by atoms with E-state index in [0.29, 0.717) is 5.92 Å². The van der Waals surface area contributed by atoms with E-state index >= 15 is 0 Å². The molecule has 2 nitrogen and oxygen atoms in total. The van der Waals surface area contributed by atoms with Crippen molar-refractivity contribution in [3.8, 4) is 0 Å². The standard InChI is InChI=1S/C15H22O2/c1-5-10-6-7-11-8-12(14(10)11)9-13(16)17-15(2,3)4/h6,9,11,14H,5,7-8H2,1-4H3/t11-,14-/m0/s1. The zero-order valence-electron chi connectivity index (χ0n) is 11.2. The maximum atomic E-state index is 11.7. The van der Waals surface area contributed by atoms with Gasteiger partial charge in [-0.05, 0) is 46.0 Å². The first-order valence-corrected chi connectivity index (χ1v) is 6.53. The molecule has 0 radical (unpaired) electrons. The summed E-state index contributed by atoms with van der Waals surface area (Å²) >= 11 is 0. The van der Waals surface area contributed by atoms with Crippen LogP contribution in [0, 0.1) is 11.8 Å². The summed E-state index contributed by atoms with van der Waals surface area (Å²) in [7, 11) is 0. The van der Waals surface area contributed by atoms with Crippen LogP contribution in [0.15, 0.2) is 23.3 Å². The first-order chi connectivity index (χ1) is 7.90. The van der Waals surface area contributed by atoms with E-state index in [1.807, 2.05) is 20.8 Å². The molecule has 2 atom stereocenters. The topological polar surface area (TPSA) is 26.3 Å². The van der Waals surface area contributed by atoms with Gasteiger partial charge in [-0.2, -0.15) is 0 Å². The number of allylic oxidation sites excluding steroid dienone is 3. The van der Waals surface area contributed by atoms with Gasteiger partial charge in [-0.1, -0.05) is 24.1 Å². The molecular formula is C15H22O2. The van der Waals surface area contributed by atoms with Crippen molar-refractivity contribution in [2.45, 2.75) is 52.6 Å². The Labute approximate surface area is 104 Å². The van der Waals surface area contributed by atoms with E-state index in [1.165, 1.54) is 17.6 Å². The van der Waals surface area contributed by atoms with Crippen LogP contribution in [0.5, 0.6) is 0 Å². The van der Waals surface area contributed by atoms with Gasteiger partial charge in [-0.3, -0.25) is 0 Å². The normalized spacial score (nSPS) is 29.6. The SMILES string of the molecule is CCC1=CC[C@H]2CC(=CC(=O)OC(C)(C)C)[C@@H]12. The summed E-state index contributed by atoms with van der Waals surface area (Å²) < 4.78 is 5.33. The molecule has 94 valence electrons. The molecule has 17 heavy (non-hydrogen) atoms. The summed E-state index contributed by atoms with van der Waals surface area (Å²) in [6.45, 7) is 7.90. The maximum absolute atomic E-state index is 11.7. The van der Waals surface area contributed by atoms with Gasteiger partial charge in [0.15, 0.2) is 0 Å². The van der Waals surface area contributed by atoms with Gasteiger partial charge in [0.05, 0.1) is 0 Å². The summed E-state index contributed by atoms with van der Waals surface area (Å²) in [5, 5.41) is 0. The highest BCUT2D eigenvalue weighted by Crippen LogP contribution is 2.51. The molecule has 0 saturated heterocycles. The van der Waals surface area contributed by atoms with Crippen LogP contribution in [0.2, 0.25) is 0 Å². The Bertz CT molecular complexity index is 382. The van der Waals surface area contributed by atoms with Crippen molar-refractivity contribution in [2.24, 2.45) is 11.8 Å². The summed E-state index contributed by atoms with van der Waals surface area (Å²) in [5.74, 6) is 1.12. The number of rotatable bonds is 2. The van der Waals surface area contributed by atoms with Crippen molar-refractivity contribution >= 4 is 5.97 Å². The molecule has 2 aliphatic rings. The van der Waals surface area contributed by atoms with Crippen LogP contribution in [0.3, 0.4) is 0 Å². The Morgan fingerprint density at radius 1 is 1.53 bits per heavy atom. The van der Waals surface area contributed by atoms with Crippen molar-refractivity contribution in [3.05, 3.63) is 23.3 Å². The zero-order valence-corrected chi connectivity index (χ0v) is 11.2. The fourth-order valence-corrected chi connectivity index (χ4v) is 2.88. The lowest BCUT2D eigenvalue weighted by atomic mass is 9.68. The van der Waals surface area contributed by atoms with Crippen molar-refractivity contribution < 1.29 is 9.53 Å². The quantitative estimate of drug-likeness (QED) is 0.414. The third-order valence-corrected chi connectivity index (χ3v) is 3.57. The third-order valence-electron chi connectivity index (χ3n) is 3.57. The van der Waals surface area contributed by atoms with Crippen LogP contribution < -0.4 is 0 Å². The third kappa shape index (κ3) is 2.62. The monoisotopic (exact) mass is 234 g/mol. The average Bonchev–Trinajstić information content (AvgIpc) is 2.48. The number of hydrogen-bond donors (Lipinski definition) is 0. The fraction of sp³-hybridized carbons (Fsp3) is 0.667. The average molecular weight is 234 g/mol. The van der Waals surface area contributed by atoms with E-state index in [0.717, 1.165) is 18.8 Å². The van der Waals surface area contributed by atoms with Crippen molar-refractivity contribution in [2.75, 3.05) is 0 Å². The van der Waals surface area contributed by atoms with E-state index in [9.17, 15) is 4.79 Å². The molecule has 1 saturated carbocycles. The molecule has 0 aliphatic heterocycles. The van der Waals surface area contributed by atoms with Crippen LogP contribution in [0.4, 0.5) is 0 Å². The Kier molecular flexibility index (Phi) is 3.15. The largest absolute Gasteiger partial charge is 0.457 e. The number of fused-ring (bicyclic) bond motifs is 1. The Balaban J connectivity index is 2.00. The lowest BCUT2D eigenvalue weighted by Gasteiger charge is -2.36. The first kappa shape index (κ1) is 12.4. The molecule has 2 aliphatic carbocycles. The molecule has 2 rings (SSSR count). The first-order valence-electron chi connectivity index (χ1n) is 6.53. The second kappa shape index (κ2) is 4.32. The van der Waals surface area contributed by atoms with E-state index in [-0.39, 0.29) is 5.97 Å². The predicted molar refractivity (Wildman–Crippen MR) is 68.5 cm³/mol. The second-order valence-electron chi connectivity index (χ2n) is 6.06. The summed E-state index contributed by atoms with van der Waals surface area (Å²) in [6.07, 6.45) is 7.45. The lowest BCUT2D eigenvalue weighted by Crippen LogP contribution is -2.29.